The average Bonchev–Trinajstić information content (AvgIpc) is 3.32. The molecule has 0 heterocycles. The molecule has 28 heavy (non-hydrogen) atoms. The molecule has 0 amide bonds. The van der Waals surface area contributed by atoms with Crippen molar-refractivity contribution >= 4 is 31.7 Å². The number of hydrogen-bond acceptors (Lipinski definition) is 0. The molecule has 0 unspecified atom stereocenters. The SMILES string of the molecule is CC1=[C]([Zr](=[SiH2])([C]2=C(C)C=CC2)([CH]2CCCCC2)[CH]2CCCCC2)CC=C1.Cl.Cl. The van der Waals surface area contributed by atoms with Gasteiger partial charge in [-0.25, -0.2) is 0 Å². The molecule has 0 radical (unpaired) electrons. The second kappa shape index (κ2) is 9.84. The van der Waals surface area contributed by atoms with E-state index in [9.17, 15) is 0 Å². The monoisotopic (exact) mass is 516 g/mol. The molecule has 4 heteroatoms. The minimum Gasteiger partial charge on any atom is -0.147 e. The molecular weight excluding hydrogens is 478 g/mol. The molecular formula is C24H40Cl2SiZr. The van der Waals surface area contributed by atoms with Crippen molar-refractivity contribution in [3.05, 3.63) is 42.0 Å². The molecule has 2 saturated carbocycles. The van der Waals surface area contributed by atoms with E-state index in [2.05, 4.69) is 45.0 Å². The molecule has 0 bridgehead atoms. The first-order chi connectivity index (χ1) is 12.6. The first-order valence-electron chi connectivity index (χ1n) is 11.3. The normalized spacial score (nSPS) is 24.5. The minimum absolute atomic E-state index is 0. The second-order valence-corrected chi connectivity index (χ2v) is 33.8. The van der Waals surface area contributed by atoms with E-state index in [1.165, 1.54) is 51.4 Å². The number of rotatable bonds is 4. The Bertz CT molecular complexity index is 695. The molecule has 4 aliphatic carbocycles. The van der Waals surface area contributed by atoms with Gasteiger partial charge in [0, 0.05) is 0 Å². The molecule has 0 nitrogen and oxygen atoms in total. The first-order valence-corrected chi connectivity index (χ1v) is 22.5. The molecule has 158 valence electrons. The van der Waals surface area contributed by atoms with Gasteiger partial charge in [0.1, 0.15) is 0 Å². The van der Waals surface area contributed by atoms with Crippen LogP contribution in [0.2, 0.25) is 7.25 Å². The van der Waals surface area contributed by atoms with Gasteiger partial charge in [0.2, 0.25) is 0 Å². The van der Waals surface area contributed by atoms with E-state index in [1.54, 1.807) is 36.8 Å². The van der Waals surface area contributed by atoms with E-state index >= 15 is 0 Å². The standard InChI is InChI=1S/2C6H7.2C6H11.2ClH.H2Si.Zr/c2*1-6-4-2-3-5-6;2*1-2-4-6-5-3-1;;;;/h2*2,4H,3H2,1H3;2*1H,2-6H2;2*1H;1H2;. The van der Waals surface area contributed by atoms with Gasteiger partial charge in [0.05, 0.1) is 0 Å². The Kier molecular flexibility index (Phi) is 8.76. The smallest absolute Gasteiger partial charge is 0.147 e. The van der Waals surface area contributed by atoms with E-state index in [0.29, 0.717) is 0 Å². The van der Waals surface area contributed by atoms with E-state index in [4.69, 9.17) is 0 Å². The Morgan fingerprint density at radius 2 is 1.04 bits per heavy atom. The predicted molar refractivity (Wildman–Crippen MR) is 130 cm³/mol. The summed E-state index contributed by atoms with van der Waals surface area (Å²) in [5, 5.41) is 0. The molecule has 4 rings (SSSR count). The van der Waals surface area contributed by atoms with Crippen molar-refractivity contribution in [3.8, 4) is 0 Å². The van der Waals surface area contributed by atoms with Crippen LogP contribution in [0.1, 0.15) is 90.9 Å². The Morgan fingerprint density at radius 1 is 0.679 bits per heavy atom. The molecule has 0 aromatic carbocycles. The van der Waals surface area contributed by atoms with Gasteiger partial charge in [-0.05, 0) is 0 Å². The number of allylic oxidation sites excluding steroid dienone is 8. The fourth-order valence-corrected chi connectivity index (χ4v) is 41.3. The van der Waals surface area contributed by atoms with Gasteiger partial charge in [-0.3, -0.25) is 0 Å². The molecule has 0 spiro atoms. The maximum Gasteiger partial charge on any atom is -0.147 e. The Labute approximate surface area is 188 Å². The van der Waals surface area contributed by atoms with Crippen LogP contribution < -0.4 is 0 Å². The zero-order valence-corrected chi connectivity index (χ0v) is 23.5. The summed E-state index contributed by atoms with van der Waals surface area (Å²) in [6.07, 6.45) is 27.7. The quantitative estimate of drug-likeness (QED) is 0.330. The van der Waals surface area contributed by atoms with Crippen molar-refractivity contribution in [1.82, 2.24) is 0 Å². The van der Waals surface area contributed by atoms with Gasteiger partial charge in [0.15, 0.2) is 0 Å². The topological polar surface area (TPSA) is 0 Å². The third-order valence-corrected chi connectivity index (χ3v) is 42.7. The first kappa shape index (κ1) is 24.9. The van der Waals surface area contributed by atoms with Crippen LogP contribution in [-0.4, -0.2) is 6.88 Å². The largest absolute Gasteiger partial charge is 0.147 e. The molecule has 0 N–H and O–H groups in total. The van der Waals surface area contributed by atoms with Crippen LogP contribution >= 0.6 is 24.8 Å². The Hall–Kier alpha value is 0.640. The molecule has 0 atom stereocenters. The van der Waals surface area contributed by atoms with Crippen LogP contribution in [0, 0.1) is 0 Å². The van der Waals surface area contributed by atoms with Crippen LogP contribution in [0.15, 0.2) is 42.0 Å². The van der Waals surface area contributed by atoms with Crippen molar-refractivity contribution in [1.29, 1.82) is 0 Å². The summed E-state index contributed by atoms with van der Waals surface area (Å²) in [5.41, 5.74) is 3.38. The Balaban J connectivity index is 0.00000140. The predicted octanol–water partition coefficient (Wildman–Crippen LogP) is 8.04. The summed E-state index contributed by atoms with van der Waals surface area (Å²) in [4.78, 5) is 0. The molecule has 2 fully saturated rings. The molecule has 0 aliphatic heterocycles. The maximum atomic E-state index is 2.68. The zero-order valence-electron chi connectivity index (χ0n) is 18.0. The molecule has 4 aliphatic rings. The molecule has 0 aromatic rings. The molecule has 0 aromatic heterocycles. The van der Waals surface area contributed by atoms with E-state index < -0.39 is 17.4 Å². The van der Waals surface area contributed by atoms with Crippen LogP contribution in [-0.2, 0) is 17.4 Å². The second-order valence-electron chi connectivity index (χ2n) is 9.84. The van der Waals surface area contributed by atoms with Crippen molar-refractivity contribution in [2.24, 2.45) is 0 Å². The van der Waals surface area contributed by atoms with Crippen LogP contribution in [0.3, 0.4) is 0 Å². The van der Waals surface area contributed by atoms with Gasteiger partial charge in [-0.15, -0.1) is 24.8 Å². The van der Waals surface area contributed by atoms with E-state index in [1.807, 2.05) is 6.56 Å². The zero-order chi connectivity index (χ0) is 18.2. The van der Waals surface area contributed by atoms with Crippen LogP contribution in [0.4, 0.5) is 0 Å². The van der Waals surface area contributed by atoms with Crippen molar-refractivity contribution in [3.63, 3.8) is 0 Å². The van der Waals surface area contributed by atoms with Crippen LogP contribution in [0.25, 0.3) is 0 Å². The number of halogens is 2. The Morgan fingerprint density at radius 3 is 1.32 bits per heavy atom. The fourth-order valence-electron chi connectivity index (χ4n) is 7.67. The van der Waals surface area contributed by atoms with Gasteiger partial charge in [-0.2, -0.15) is 0 Å². The average molecular weight is 519 g/mol. The van der Waals surface area contributed by atoms with Crippen molar-refractivity contribution < 1.29 is 17.4 Å². The summed E-state index contributed by atoms with van der Waals surface area (Å²) in [6.45, 7) is 7.61. The third-order valence-electron chi connectivity index (χ3n) is 8.83. The van der Waals surface area contributed by atoms with Crippen molar-refractivity contribution in [2.75, 3.05) is 0 Å². The summed E-state index contributed by atoms with van der Waals surface area (Å²) in [7, 11) is 0. The van der Waals surface area contributed by atoms with Gasteiger partial charge in [-0.1, -0.05) is 0 Å². The van der Waals surface area contributed by atoms with Crippen molar-refractivity contribution in [2.45, 2.75) is 98.1 Å². The summed E-state index contributed by atoms with van der Waals surface area (Å²) in [6, 6.07) is 0. The molecule has 0 saturated heterocycles. The van der Waals surface area contributed by atoms with E-state index in [-0.39, 0.29) is 24.8 Å². The summed E-state index contributed by atoms with van der Waals surface area (Å²) < 4.78 is 6.17. The fraction of sp³-hybridized carbons (Fsp3) is 0.667. The number of hydrogen-bond donors (Lipinski definition) is 0. The van der Waals surface area contributed by atoms with Gasteiger partial charge >= 0.3 is 164 Å². The summed E-state index contributed by atoms with van der Waals surface area (Å²) >= 11 is -3.33. The maximum absolute atomic E-state index is 3.33. The van der Waals surface area contributed by atoms with Gasteiger partial charge in [0.25, 0.3) is 0 Å². The minimum atomic E-state index is -3.33. The van der Waals surface area contributed by atoms with E-state index in [0.717, 1.165) is 7.25 Å². The summed E-state index contributed by atoms with van der Waals surface area (Å²) in [5.74, 6) is 0. The third kappa shape index (κ3) is 3.72. The van der Waals surface area contributed by atoms with Crippen LogP contribution in [0.5, 0.6) is 0 Å². The van der Waals surface area contributed by atoms with Gasteiger partial charge < -0.3 is 0 Å².